The van der Waals surface area contributed by atoms with Crippen molar-refractivity contribution in [3.05, 3.63) is 35.9 Å². The molecule has 1 aromatic rings. The summed E-state index contributed by atoms with van der Waals surface area (Å²) in [5.41, 5.74) is 0.755. The number of carbonyl (C=O) groups is 1. The summed E-state index contributed by atoms with van der Waals surface area (Å²) < 4.78 is 28.7. The lowest BCUT2D eigenvalue weighted by Gasteiger charge is -2.40. The maximum atomic E-state index is 11.6. The van der Waals surface area contributed by atoms with Crippen LogP contribution in [0.5, 0.6) is 0 Å². The smallest absolute Gasteiger partial charge is 0.269 e. The molecule has 0 radical (unpaired) electrons. The first-order chi connectivity index (χ1) is 8.95. The summed E-state index contributed by atoms with van der Waals surface area (Å²) in [5.74, 6) is 5.05. The largest absolute Gasteiger partial charge is 0.368 e. The first kappa shape index (κ1) is 13.6. The minimum Gasteiger partial charge on any atom is -0.368 e. The van der Waals surface area contributed by atoms with E-state index in [9.17, 15) is 13.2 Å². The summed E-state index contributed by atoms with van der Waals surface area (Å²) in [7, 11) is -2.25. The van der Waals surface area contributed by atoms with E-state index in [1.54, 1.807) is 12.1 Å². The second-order valence-electron chi connectivity index (χ2n) is 4.13. The molecule has 1 amide bonds. The Kier molecular flexibility index (Phi) is 3.60. The molecule has 1 saturated heterocycles. The first-order valence-corrected chi connectivity index (χ1v) is 7.42. The van der Waals surface area contributed by atoms with Gasteiger partial charge in [0.15, 0.2) is 6.10 Å². The molecule has 0 N–H and O–H groups in total. The van der Waals surface area contributed by atoms with Crippen LogP contribution < -0.4 is 0 Å². The zero-order valence-electron chi connectivity index (χ0n) is 10.5. The number of sulfonamides is 1. The van der Waals surface area contributed by atoms with E-state index in [0.29, 0.717) is 0 Å². The highest BCUT2D eigenvalue weighted by Gasteiger charge is 2.51. The quantitative estimate of drug-likeness (QED) is 0.574. The Labute approximate surface area is 112 Å². The third kappa shape index (κ3) is 2.62. The van der Waals surface area contributed by atoms with E-state index in [1.807, 2.05) is 18.2 Å². The van der Waals surface area contributed by atoms with Gasteiger partial charge in [0.1, 0.15) is 6.04 Å². The number of carbonyl (C=O) groups excluding carboxylic acids is 1. The Morgan fingerprint density at radius 3 is 2.42 bits per heavy atom. The second kappa shape index (κ2) is 5.03. The fourth-order valence-electron chi connectivity index (χ4n) is 1.85. The number of rotatable bonds is 2. The molecule has 0 aromatic heterocycles. The number of hydrogen-bond acceptors (Lipinski definition) is 4. The van der Waals surface area contributed by atoms with E-state index in [2.05, 4.69) is 11.8 Å². The van der Waals surface area contributed by atoms with Gasteiger partial charge in [-0.05, 0) is 12.1 Å². The Hall–Kier alpha value is -1.84. The van der Waals surface area contributed by atoms with Crippen LogP contribution >= 0.6 is 0 Å². The van der Waals surface area contributed by atoms with Gasteiger partial charge in [-0.2, -0.15) is 0 Å². The summed E-state index contributed by atoms with van der Waals surface area (Å²) in [6.07, 6.45) is 0.166. The van der Waals surface area contributed by atoms with Crippen LogP contribution in [0.15, 0.2) is 30.3 Å². The van der Waals surface area contributed by atoms with Crippen LogP contribution in [-0.2, 0) is 19.6 Å². The Balaban J connectivity index is 2.27. The highest BCUT2D eigenvalue weighted by atomic mass is 32.2. The minimum atomic E-state index is -3.61. The van der Waals surface area contributed by atoms with E-state index < -0.39 is 28.1 Å². The fourth-order valence-corrected chi connectivity index (χ4v) is 2.86. The molecule has 2 unspecified atom stereocenters. The van der Waals surface area contributed by atoms with Gasteiger partial charge in [-0.1, -0.05) is 30.0 Å². The lowest BCUT2D eigenvalue weighted by Crippen LogP contribution is -2.66. The molecule has 0 spiro atoms. The van der Waals surface area contributed by atoms with Gasteiger partial charge >= 0.3 is 0 Å². The number of amides is 1. The minimum absolute atomic E-state index is 0.572. The highest BCUT2D eigenvalue weighted by molar-refractivity contribution is 7.89. The van der Waals surface area contributed by atoms with Crippen LogP contribution in [-0.4, -0.2) is 44.1 Å². The van der Waals surface area contributed by atoms with Gasteiger partial charge in [-0.15, -0.1) is 0 Å². The molecule has 1 fully saturated rings. The van der Waals surface area contributed by atoms with Crippen molar-refractivity contribution in [2.45, 2.75) is 12.1 Å². The lowest BCUT2D eigenvalue weighted by atomic mass is 10.0. The number of nitrogens with zero attached hydrogens (tertiary/aromatic N) is 1. The maximum Gasteiger partial charge on any atom is 0.269 e. The summed E-state index contributed by atoms with van der Waals surface area (Å²) in [6.45, 7) is 0. The monoisotopic (exact) mass is 279 g/mol. The molecule has 2 rings (SSSR count). The molecule has 1 aromatic carbocycles. The van der Waals surface area contributed by atoms with Crippen LogP contribution in [0.4, 0.5) is 0 Å². The van der Waals surface area contributed by atoms with Gasteiger partial charge in [0.05, 0.1) is 6.26 Å². The zero-order chi connectivity index (χ0) is 14.0. The average Bonchev–Trinajstić information content (AvgIpc) is 2.34. The normalized spacial score (nSPS) is 22.4. The number of β-lactam (4-membered cyclic amide) rings is 1. The van der Waals surface area contributed by atoms with Crippen molar-refractivity contribution in [2.75, 3.05) is 13.4 Å². The van der Waals surface area contributed by atoms with E-state index in [4.69, 9.17) is 4.74 Å². The number of hydrogen-bond donors (Lipinski definition) is 0. The van der Waals surface area contributed by atoms with Crippen molar-refractivity contribution in [1.29, 1.82) is 0 Å². The molecule has 6 heteroatoms. The van der Waals surface area contributed by atoms with Crippen molar-refractivity contribution < 1.29 is 17.9 Å². The third-order valence-corrected chi connectivity index (χ3v) is 3.87. The predicted octanol–water partition coefficient (Wildman–Crippen LogP) is 0.224. The van der Waals surface area contributed by atoms with Crippen molar-refractivity contribution in [1.82, 2.24) is 4.31 Å². The van der Waals surface area contributed by atoms with Crippen LogP contribution in [0.3, 0.4) is 0 Å². The molecule has 19 heavy (non-hydrogen) atoms. The number of ether oxygens (including phenoxy) is 1. The zero-order valence-corrected chi connectivity index (χ0v) is 11.3. The summed E-state index contributed by atoms with van der Waals surface area (Å²) in [6, 6.07) is 8.38. The van der Waals surface area contributed by atoms with E-state index in [-0.39, 0.29) is 0 Å². The summed E-state index contributed by atoms with van der Waals surface area (Å²) in [4.78, 5) is 11.6. The van der Waals surface area contributed by atoms with Gasteiger partial charge < -0.3 is 4.74 Å². The topological polar surface area (TPSA) is 63.7 Å². The van der Waals surface area contributed by atoms with Crippen molar-refractivity contribution in [2.24, 2.45) is 0 Å². The van der Waals surface area contributed by atoms with E-state index in [1.165, 1.54) is 7.11 Å². The number of benzene rings is 1. The molecule has 0 bridgehead atoms. The Bertz CT molecular complexity index is 642. The van der Waals surface area contributed by atoms with Crippen LogP contribution in [0.2, 0.25) is 0 Å². The van der Waals surface area contributed by atoms with Crippen LogP contribution in [0.25, 0.3) is 0 Å². The summed E-state index contributed by atoms with van der Waals surface area (Å²) >= 11 is 0. The van der Waals surface area contributed by atoms with Gasteiger partial charge in [-0.3, -0.25) is 4.79 Å². The van der Waals surface area contributed by atoms with E-state index in [0.717, 1.165) is 16.1 Å². The Morgan fingerprint density at radius 2 is 1.89 bits per heavy atom. The van der Waals surface area contributed by atoms with Gasteiger partial charge in [0.2, 0.25) is 10.0 Å². The predicted molar refractivity (Wildman–Crippen MR) is 69.6 cm³/mol. The second-order valence-corrected chi connectivity index (χ2v) is 5.99. The maximum absolute atomic E-state index is 11.6. The highest BCUT2D eigenvalue weighted by Crippen LogP contribution is 2.25. The first-order valence-electron chi connectivity index (χ1n) is 5.58. The van der Waals surface area contributed by atoms with Crippen molar-refractivity contribution in [3.63, 3.8) is 0 Å². The molecular formula is C13H13NO4S. The SMILES string of the molecule is COC1C(=O)N(S(C)(=O)=O)C1C#Cc1ccccc1. The number of methoxy groups -OCH3 is 1. The molecule has 2 atom stereocenters. The molecule has 1 heterocycles. The van der Waals surface area contributed by atoms with Gasteiger partial charge in [0.25, 0.3) is 5.91 Å². The van der Waals surface area contributed by atoms with Crippen LogP contribution in [0, 0.1) is 11.8 Å². The van der Waals surface area contributed by atoms with Crippen molar-refractivity contribution in [3.8, 4) is 11.8 Å². The van der Waals surface area contributed by atoms with Gasteiger partial charge in [0, 0.05) is 12.7 Å². The Morgan fingerprint density at radius 1 is 1.26 bits per heavy atom. The molecular weight excluding hydrogens is 266 g/mol. The standard InChI is InChI=1S/C13H13NO4S/c1-18-12-11(14(13(12)15)19(2,16)17)9-8-10-6-4-3-5-7-10/h3-7,11-12H,1-2H3. The molecule has 0 aliphatic carbocycles. The fraction of sp³-hybridized carbons (Fsp3) is 0.308. The molecule has 1 aliphatic heterocycles. The molecule has 5 nitrogen and oxygen atoms in total. The summed E-state index contributed by atoms with van der Waals surface area (Å²) in [5, 5.41) is 0. The lowest BCUT2D eigenvalue weighted by molar-refractivity contribution is -0.154. The van der Waals surface area contributed by atoms with Crippen LogP contribution in [0.1, 0.15) is 5.56 Å². The van der Waals surface area contributed by atoms with Gasteiger partial charge in [-0.25, -0.2) is 12.7 Å². The van der Waals surface area contributed by atoms with E-state index >= 15 is 0 Å². The molecule has 100 valence electrons. The average molecular weight is 279 g/mol. The molecule has 1 aliphatic rings. The molecule has 0 saturated carbocycles. The van der Waals surface area contributed by atoms with Crippen molar-refractivity contribution >= 4 is 15.9 Å². The third-order valence-electron chi connectivity index (χ3n) is 2.75.